The van der Waals surface area contributed by atoms with Gasteiger partial charge in [-0.1, -0.05) is 5.16 Å². The molecule has 2 fully saturated rings. The first-order valence-electron chi connectivity index (χ1n) is 9.74. The van der Waals surface area contributed by atoms with Crippen LogP contribution < -0.4 is 10.2 Å². The zero-order valence-corrected chi connectivity index (χ0v) is 15.8. The van der Waals surface area contributed by atoms with Crippen molar-refractivity contribution in [1.29, 1.82) is 0 Å². The van der Waals surface area contributed by atoms with Crippen molar-refractivity contribution < 1.29 is 22.1 Å². The van der Waals surface area contributed by atoms with E-state index in [4.69, 9.17) is 4.52 Å². The maximum Gasteiger partial charge on any atom is 0.290 e. The predicted molar refractivity (Wildman–Crippen MR) is 94.1 cm³/mol. The van der Waals surface area contributed by atoms with Crippen molar-refractivity contribution in [1.82, 2.24) is 25.4 Å². The summed E-state index contributed by atoms with van der Waals surface area (Å²) in [7, 11) is 0. The third kappa shape index (κ3) is 2.97. The maximum absolute atomic E-state index is 14.4. The summed E-state index contributed by atoms with van der Waals surface area (Å²) in [6.45, 7) is 2.39. The highest BCUT2D eigenvalue weighted by Gasteiger charge is 2.54. The lowest BCUT2D eigenvalue weighted by molar-refractivity contribution is -0.0650. The van der Waals surface area contributed by atoms with Crippen molar-refractivity contribution in [2.75, 3.05) is 24.5 Å². The fourth-order valence-electron chi connectivity index (χ4n) is 4.15. The third-order valence-electron chi connectivity index (χ3n) is 6.09. The third-order valence-corrected chi connectivity index (χ3v) is 6.09. The molecule has 7 nitrogen and oxygen atoms in total. The van der Waals surface area contributed by atoms with Crippen LogP contribution in [-0.4, -0.2) is 51.7 Å². The number of aromatic nitrogens is 4. The topological polar surface area (TPSA) is 80.0 Å². The predicted octanol–water partition coefficient (Wildman–Crippen LogP) is 2.88. The van der Waals surface area contributed by atoms with Gasteiger partial charge >= 0.3 is 0 Å². The summed E-state index contributed by atoms with van der Waals surface area (Å²) in [5.74, 6) is -5.53. The van der Waals surface area contributed by atoms with Gasteiger partial charge in [0, 0.05) is 17.9 Å². The molecule has 3 aliphatic rings. The Morgan fingerprint density at radius 2 is 1.86 bits per heavy atom. The number of nitrogens with one attached hydrogen (secondary N) is 1. The first kappa shape index (κ1) is 18.7. The van der Waals surface area contributed by atoms with Crippen LogP contribution in [-0.2, 0) is 12.3 Å². The molecule has 4 heterocycles. The maximum atomic E-state index is 14.4. The van der Waals surface area contributed by atoms with Gasteiger partial charge in [0.2, 0.25) is 17.7 Å². The highest BCUT2D eigenvalue weighted by Crippen LogP contribution is 2.45. The number of fused-ring (bicyclic) bond motifs is 1. The average molecular weight is 412 g/mol. The van der Waals surface area contributed by atoms with Crippen LogP contribution >= 0.6 is 0 Å². The summed E-state index contributed by atoms with van der Waals surface area (Å²) in [6.07, 6.45) is 1.35. The second-order valence-electron chi connectivity index (χ2n) is 7.95. The van der Waals surface area contributed by atoms with Crippen molar-refractivity contribution >= 4 is 5.95 Å². The summed E-state index contributed by atoms with van der Waals surface area (Å²) in [5, 5.41) is 7.22. The van der Waals surface area contributed by atoms with Crippen LogP contribution in [0.4, 0.5) is 23.5 Å². The van der Waals surface area contributed by atoms with Crippen LogP contribution in [0.15, 0.2) is 4.52 Å². The number of hydrogen-bond donors (Lipinski definition) is 1. The molecule has 2 aromatic heterocycles. The van der Waals surface area contributed by atoms with Crippen molar-refractivity contribution in [2.24, 2.45) is 0 Å². The molecule has 2 aliphatic heterocycles. The van der Waals surface area contributed by atoms with E-state index >= 15 is 0 Å². The van der Waals surface area contributed by atoms with Crippen LogP contribution in [0.25, 0.3) is 11.5 Å². The van der Waals surface area contributed by atoms with E-state index in [0.717, 1.165) is 25.9 Å². The van der Waals surface area contributed by atoms with Gasteiger partial charge in [0.15, 0.2) is 0 Å². The van der Waals surface area contributed by atoms with E-state index in [1.807, 2.05) is 0 Å². The molecule has 0 amide bonds. The highest BCUT2D eigenvalue weighted by atomic mass is 19.3. The van der Waals surface area contributed by atoms with Crippen LogP contribution in [0.3, 0.4) is 0 Å². The average Bonchev–Trinajstić information content (AvgIpc) is 3.31. The van der Waals surface area contributed by atoms with Gasteiger partial charge in [0.1, 0.15) is 11.4 Å². The van der Waals surface area contributed by atoms with Crippen molar-refractivity contribution in [2.45, 2.75) is 56.4 Å². The van der Waals surface area contributed by atoms with E-state index in [9.17, 15) is 17.6 Å². The largest absolute Gasteiger partial charge is 0.339 e. The Morgan fingerprint density at radius 3 is 2.55 bits per heavy atom. The molecule has 156 valence electrons. The second-order valence-corrected chi connectivity index (χ2v) is 7.95. The minimum absolute atomic E-state index is 0.0703. The first-order valence-corrected chi connectivity index (χ1v) is 9.74. The highest BCUT2D eigenvalue weighted by molar-refractivity contribution is 5.61. The molecule has 2 aromatic rings. The van der Waals surface area contributed by atoms with E-state index in [0.29, 0.717) is 5.89 Å². The molecule has 1 N–H and O–H groups in total. The monoisotopic (exact) mass is 412 g/mol. The molecule has 1 aliphatic carbocycles. The van der Waals surface area contributed by atoms with Crippen LogP contribution in [0.1, 0.15) is 49.3 Å². The van der Waals surface area contributed by atoms with Gasteiger partial charge in [-0.25, -0.2) is 18.7 Å². The number of halogens is 4. The second kappa shape index (κ2) is 6.35. The molecular weight excluding hydrogens is 392 g/mol. The number of rotatable bonds is 3. The zero-order valence-electron chi connectivity index (χ0n) is 15.8. The number of anilines is 1. The smallest absolute Gasteiger partial charge is 0.290 e. The Balaban J connectivity index is 1.55. The van der Waals surface area contributed by atoms with E-state index in [-0.39, 0.29) is 35.4 Å². The van der Waals surface area contributed by atoms with Crippen LogP contribution in [0, 0.1) is 0 Å². The molecular formula is C18H20F4N6O. The van der Waals surface area contributed by atoms with E-state index in [2.05, 4.69) is 25.4 Å². The Labute approximate surface area is 163 Å². The lowest BCUT2D eigenvalue weighted by Crippen LogP contribution is -2.64. The normalized spacial score (nSPS) is 25.7. The molecule has 0 radical (unpaired) electrons. The summed E-state index contributed by atoms with van der Waals surface area (Å²) in [4.78, 5) is 13.9. The van der Waals surface area contributed by atoms with E-state index in [1.54, 1.807) is 0 Å². The lowest BCUT2D eigenvalue weighted by Gasteiger charge is -2.45. The number of nitrogens with zero attached hydrogens (tertiary/aromatic N) is 5. The van der Waals surface area contributed by atoms with Crippen molar-refractivity contribution in [3.05, 3.63) is 17.1 Å². The van der Waals surface area contributed by atoms with Gasteiger partial charge in [-0.15, -0.1) is 0 Å². The molecule has 1 atom stereocenters. The van der Waals surface area contributed by atoms with Gasteiger partial charge in [-0.2, -0.15) is 13.8 Å². The molecule has 0 aromatic carbocycles. The van der Waals surface area contributed by atoms with E-state index in [1.165, 1.54) is 11.8 Å². The Bertz CT molecular complexity index is 942. The SMILES string of the molecule is C[C@@H]1N(c2nc(-c3noc(C4CCNCC4)n3)c3c(n2)C(F)(F)CC3)CC1(F)F. The number of hydrogen-bond acceptors (Lipinski definition) is 7. The quantitative estimate of drug-likeness (QED) is 0.777. The molecule has 0 spiro atoms. The molecule has 0 saturated carbocycles. The fraction of sp³-hybridized carbons (Fsp3) is 0.667. The number of alkyl halides is 4. The molecule has 0 unspecified atom stereocenters. The summed E-state index contributed by atoms with van der Waals surface area (Å²) in [6, 6.07) is -1.17. The minimum atomic E-state index is -3.14. The Morgan fingerprint density at radius 1 is 1.10 bits per heavy atom. The summed E-state index contributed by atoms with van der Waals surface area (Å²) in [5.41, 5.74) is -0.0157. The van der Waals surface area contributed by atoms with Gasteiger partial charge in [-0.05, 0) is 39.3 Å². The standard InChI is InChI=1S/C18H20F4N6O/c1-9-18(21,22)8-28(9)16-24-12(11-2-5-17(19,20)13(11)25-16)14-26-15(29-27-14)10-3-6-23-7-4-10/h9-10,23H,2-8H2,1H3/t9-/m0/s1. The fourth-order valence-corrected chi connectivity index (χ4v) is 4.15. The Hall–Kier alpha value is -2.30. The van der Waals surface area contributed by atoms with Gasteiger partial charge in [-0.3, -0.25) is 0 Å². The summed E-state index contributed by atoms with van der Waals surface area (Å²) >= 11 is 0. The van der Waals surface area contributed by atoms with Crippen molar-refractivity contribution in [3.8, 4) is 11.5 Å². The van der Waals surface area contributed by atoms with Gasteiger partial charge in [0.25, 0.3) is 11.8 Å². The van der Waals surface area contributed by atoms with Crippen molar-refractivity contribution in [3.63, 3.8) is 0 Å². The number of piperidine rings is 1. The van der Waals surface area contributed by atoms with E-state index < -0.39 is 36.5 Å². The molecule has 0 bridgehead atoms. The minimum Gasteiger partial charge on any atom is -0.339 e. The molecule has 5 rings (SSSR count). The van der Waals surface area contributed by atoms with Crippen LogP contribution in [0.2, 0.25) is 0 Å². The molecule has 29 heavy (non-hydrogen) atoms. The van der Waals surface area contributed by atoms with Gasteiger partial charge in [0.05, 0.1) is 12.6 Å². The molecule has 11 heteroatoms. The van der Waals surface area contributed by atoms with Crippen LogP contribution in [0.5, 0.6) is 0 Å². The Kier molecular flexibility index (Phi) is 4.10. The first-order chi connectivity index (χ1) is 13.8. The lowest BCUT2D eigenvalue weighted by atomic mass is 9.98. The molecule has 2 saturated heterocycles. The zero-order chi connectivity index (χ0) is 20.4. The van der Waals surface area contributed by atoms with Gasteiger partial charge < -0.3 is 14.7 Å². The summed E-state index contributed by atoms with van der Waals surface area (Å²) < 4.78 is 61.5.